The van der Waals surface area contributed by atoms with Crippen LogP contribution in [-0.4, -0.2) is 23.4 Å². The Hall–Kier alpha value is -3.21. The summed E-state index contributed by atoms with van der Waals surface area (Å²) in [5.74, 6) is -0.516. The third kappa shape index (κ3) is 3.28. The van der Waals surface area contributed by atoms with Gasteiger partial charge >= 0.3 is 5.97 Å². The monoisotopic (exact) mass is 360 g/mol. The number of benzene rings is 2. The summed E-state index contributed by atoms with van der Waals surface area (Å²) in [4.78, 5) is 31.1. The van der Waals surface area contributed by atoms with Crippen molar-refractivity contribution in [3.8, 4) is 5.75 Å². The molecule has 5 heteroatoms. The average Bonchev–Trinajstić information content (AvgIpc) is 3.06. The molecular weight excluding hydrogens is 340 g/mol. The van der Waals surface area contributed by atoms with Crippen LogP contribution in [0, 0.1) is 19.8 Å². The van der Waals surface area contributed by atoms with Crippen molar-refractivity contribution in [3.05, 3.63) is 65.9 Å². The molecule has 27 heavy (non-hydrogen) atoms. The molecule has 2 heterocycles. The van der Waals surface area contributed by atoms with E-state index in [9.17, 15) is 9.59 Å². The van der Waals surface area contributed by atoms with E-state index in [1.807, 2.05) is 56.3 Å². The quantitative estimate of drug-likeness (QED) is 0.526. The van der Waals surface area contributed by atoms with Gasteiger partial charge in [0.05, 0.1) is 5.92 Å². The van der Waals surface area contributed by atoms with Crippen molar-refractivity contribution >= 4 is 28.5 Å². The van der Waals surface area contributed by atoms with Gasteiger partial charge in [-0.3, -0.25) is 14.6 Å². The number of carbonyl (C=O) groups excluding carboxylic acids is 2. The summed E-state index contributed by atoms with van der Waals surface area (Å²) in [6.07, 6.45) is 1.82. The van der Waals surface area contributed by atoms with Gasteiger partial charge in [-0.2, -0.15) is 0 Å². The Bertz CT molecular complexity index is 1040. The first-order valence-electron chi connectivity index (χ1n) is 8.96. The average molecular weight is 360 g/mol. The number of para-hydroxylation sites is 1. The minimum Gasteiger partial charge on any atom is -0.424 e. The fraction of sp³-hybridized carbons (Fsp3) is 0.227. The SMILES string of the molecule is Cc1ccc(N2C[C@@H](C(=O)Oc3cccc4cccnc34)CC2=O)cc1C. The summed E-state index contributed by atoms with van der Waals surface area (Å²) >= 11 is 0. The van der Waals surface area contributed by atoms with Gasteiger partial charge in [-0.15, -0.1) is 0 Å². The largest absolute Gasteiger partial charge is 0.424 e. The van der Waals surface area contributed by atoms with Crippen molar-refractivity contribution < 1.29 is 14.3 Å². The molecule has 1 saturated heterocycles. The van der Waals surface area contributed by atoms with Crippen molar-refractivity contribution in [1.29, 1.82) is 0 Å². The lowest BCUT2D eigenvalue weighted by Crippen LogP contribution is -2.27. The number of hydrogen-bond donors (Lipinski definition) is 0. The van der Waals surface area contributed by atoms with Crippen LogP contribution in [0.15, 0.2) is 54.7 Å². The molecule has 3 aromatic rings. The number of amides is 1. The van der Waals surface area contributed by atoms with Crippen molar-refractivity contribution in [3.63, 3.8) is 0 Å². The zero-order valence-electron chi connectivity index (χ0n) is 15.3. The number of esters is 1. The van der Waals surface area contributed by atoms with Crippen LogP contribution < -0.4 is 9.64 Å². The van der Waals surface area contributed by atoms with Gasteiger partial charge in [-0.1, -0.05) is 24.3 Å². The van der Waals surface area contributed by atoms with E-state index >= 15 is 0 Å². The van der Waals surface area contributed by atoms with E-state index in [1.54, 1.807) is 17.2 Å². The molecule has 0 bridgehead atoms. The summed E-state index contributed by atoms with van der Waals surface area (Å²) in [7, 11) is 0. The van der Waals surface area contributed by atoms with E-state index in [0.29, 0.717) is 17.8 Å². The molecule has 2 aromatic carbocycles. The number of carbonyl (C=O) groups is 2. The van der Waals surface area contributed by atoms with Crippen molar-refractivity contribution in [2.75, 3.05) is 11.4 Å². The number of ether oxygens (including phenoxy) is 1. The number of aryl methyl sites for hydroxylation is 2. The van der Waals surface area contributed by atoms with E-state index in [-0.39, 0.29) is 12.3 Å². The second kappa shape index (κ2) is 6.83. The third-order valence-corrected chi connectivity index (χ3v) is 5.07. The number of aromatic nitrogens is 1. The molecule has 0 aliphatic carbocycles. The highest BCUT2D eigenvalue weighted by Crippen LogP contribution is 2.29. The Morgan fingerprint density at radius 1 is 1.11 bits per heavy atom. The van der Waals surface area contributed by atoms with E-state index in [1.165, 1.54) is 5.56 Å². The highest BCUT2D eigenvalue weighted by molar-refractivity contribution is 6.00. The molecule has 0 radical (unpaired) electrons. The molecule has 1 amide bonds. The zero-order chi connectivity index (χ0) is 19.0. The van der Waals surface area contributed by atoms with E-state index in [2.05, 4.69) is 4.98 Å². The Morgan fingerprint density at radius 3 is 2.74 bits per heavy atom. The Balaban J connectivity index is 1.53. The summed E-state index contributed by atoms with van der Waals surface area (Å²) in [6.45, 7) is 4.38. The first-order chi connectivity index (χ1) is 13.0. The standard InChI is InChI=1S/C22H20N2O3/c1-14-8-9-18(11-15(14)2)24-13-17(12-20(24)25)22(26)27-19-7-3-5-16-6-4-10-23-21(16)19/h3-11,17H,12-13H2,1-2H3/t17-/m0/s1. The summed E-state index contributed by atoms with van der Waals surface area (Å²) in [6, 6.07) is 15.1. The molecule has 1 aliphatic rings. The predicted molar refractivity (Wildman–Crippen MR) is 104 cm³/mol. The van der Waals surface area contributed by atoms with Crippen LogP contribution in [0.2, 0.25) is 0 Å². The maximum atomic E-state index is 12.7. The lowest BCUT2D eigenvalue weighted by molar-refractivity contribution is -0.139. The molecule has 0 N–H and O–H groups in total. The smallest absolute Gasteiger partial charge is 0.316 e. The van der Waals surface area contributed by atoms with Gasteiger partial charge in [0.25, 0.3) is 0 Å². The maximum absolute atomic E-state index is 12.7. The fourth-order valence-electron chi connectivity index (χ4n) is 3.36. The first kappa shape index (κ1) is 17.2. The predicted octanol–water partition coefficient (Wildman–Crippen LogP) is 3.81. The minimum absolute atomic E-state index is 0.0590. The van der Waals surface area contributed by atoms with Crippen LogP contribution in [0.4, 0.5) is 5.69 Å². The summed E-state index contributed by atoms with van der Waals surface area (Å²) < 4.78 is 5.61. The van der Waals surface area contributed by atoms with E-state index in [0.717, 1.165) is 16.6 Å². The molecular formula is C22H20N2O3. The minimum atomic E-state index is -0.488. The molecule has 1 fully saturated rings. The number of hydrogen-bond acceptors (Lipinski definition) is 4. The maximum Gasteiger partial charge on any atom is 0.316 e. The fourth-order valence-corrected chi connectivity index (χ4v) is 3.36. The van der Waals surface area contributed by atoms with Crippen LogP contribution in [0.3, 0.4) is 0 Å². The van der Waals surface area contributed by atoms with Crippen molar-refractivity contribution in [1.82, 2.24) is 4.98 Å². The van der Waals surface area contributed by atoms with Gasteiger partial charge in [0.1, 0.15) is 5.52 Å². The first-order valence-corrected chi connectivity index (χ1v) is 8.96. The van der Waals surface area contributed by atoms with Crippen molar-refractivity contribution in [2.24, 2.45) is 5.92 Å². The van der Waals surface area contributed by atoms with Gasteiger partial charge < -0.3 is 9.64 Å². The second-order valence-electron chi connectivity index (χ2n) is 6.93. The van der Waals surface area contributed by atoms with Crippen LogP contribution in [0.1, 0.15) is 17.5 Å². The van der Waals surface area contributed by atoms with Gasteiger partial charge in [0.15, 0.2) is 5.75 Å². The lowest BCUT2D eigenvalue weighted by Gasteiger charge is -2.18. The molecule has 0 saturated carbocycles. The highest BCUT2D eigenvalue weighted by Gasteiger charge is 2.36. The topological polar surface area (TPSA) is 59.5 Å². The van der Waals surface area contributed by atoms with Crippen LogP contribution >= 0.6 is 0 Å². The third-order valence-electron chi connectivity index (χ3n) is 5.07. The molecule has 1 aromatic heterocycles. The molecule has 1 atom stereocenters. The van der Waals surface area contributed by atoms with Crippen LogP contribution in [0.5, 0.6) is 5.75 Å². The molecule has 1 aliphatic heterocycles. The number of fused-ring (bicyclic) bond motifs is 1. The van der Waals surface area contributed by atoms with Gasteiger partial charge in [-0.05, 0) is 49.2 Å². The highest BCUT2D eigenvalue weighted by atomic mass is 16.5. The Labute approximate surface area is 157 Å². The zero-order valence-corrected chi connectivity index (χ0v) is 15.3. The molecule has 0 unspecified atom stereocenters. The van der Waals surface area contributed by atoms with E-state index < -0.39 is 11.9 Å². The number of anilines is 1. The Kier molecular flexibility index (Phi) is 4.36. The normalized spacial score (nSPS) is 16.7. The van der Waals surface area contributed by atoms with Crippen LogP contribution in [-0.2, 0) is 9.59 Å². The van der Waals surface area contributed by atoms with Gasteiger partial charge in [-0.25, -0.2) is 0 Å². The van der Waals surface area contributed by atoms with Gasteiger partial charge in [0, 0.05) is 30.2 Å². The van der Waals surface area contributed by atoms with Gasteiger partial charge in [0.2, 0.25) is 5.91 Å². The van der Waals surface area contributed by atoms with E-state index in [4.69, 9.17) is 4.74 Å². The number of rotatable bonds is 3. The summed E-state index contributed by atoms with van der Waals surface area (Å²) in [5.41, 5.74) is 3.76. The number of nitrogens with zero attached hydrogens (tertiary/aromatic N) is 2. The molecule has 136 valence electrons. The Morgan fingerprint density at radius 2 is 1.93 bits per heavy atom. The molecule has 4 rings (SSSR count). The lowest BCUT2D eigenvalue weighted by atomic mass is 10.1. The molecule has 5 nitrogen and oxygen atoms in total. The number of pyridine rings is 1. The summed E-state index contributed by atoms with van der Waals surface area (Å²) in [5, 5.41) is 0.905. The van der Waals surface area contributed by atoms with Crippen LogP contribution in [0.25, 0.3) is 10.9 Å². The second-order valence-corrected chi connectivity index (χ2v) is 6.93. The molecule has 0 spiro atoms. The van der Waals surface area contributed by atoms with Crippen molar-refractivity contribution in [2.45, 2.75) is 20.3 Å².